The van der Waals surface area contributed by atoms with Crippen molar-refractivity contribution in [3.05, 3.63) is 14.5 Å². The molecule has 1 aliphatic rings. The van der Waals surface area contributed by atoms with Gasteiger partial charge in [0.05, 0.1) is 0 Å². The molecule has 0 amide bonds. The summed E-state index contributed by atoms with van der Waals surface area (Å²) in [5.41, 5.74) is 0. The van der Waals surface area contributed by atoms with Crippen LogP contribution in [-0.4, -0.2) is 31.6 Å². The summed E-state index contributed by atoms with van der Waals surface area (Å²) < 4.78 is 4.72. The van der Waals surface area contributed by atoms with Crippen molar-refractivity contribution in [2.75, 3.05) is 26.7 Å². The molecule has 0 spiro atoms. The Hall–Kier alpha value is 1.02. The zero-order valence-electron chi connectivity index (χ0n) is 6.84. The quantitative estimate of drug-likeness (QED) is 0.636. The number of hydrogen-bond donors (Lipinski definition) is 0. The molecule has 1 radical (unpaired) electrons. The molecule has 0 aromatic heterocycles. The third-order valence-electron chi connectivity index (χ3n) is 1.49. The van der Waals surface area contributed by atoms with Crippen LogP contribution in [0.2, 0.25) is 0 Å². The summed E-state index contributed by atoms with van der Waals surface area (Å²) in [6.07, 6.45) is 0. The minimum Gasteiger partial charge on any atom is -0.555 e. The third kappa shape index (κ3) is 4.02. The molecule has 10 heavy (non-hydrogen) atoms. The Bertz CT molecular complexity index is 71.3. The maximum absolute atomic E-state index is 4.72. The monoisotopic (exact) mass is 218 g/mol. The van der Waals surface area contributed by atoms with Gasteiger partial charge in [0.2, 0.25) is 0 Å². The molecule has 0 aromatic carbocycles. The fourth-order valence-electron chi connectivity index (χ4n) is 1.10. The molecule has 3 heteroatoms. The number of rotatable bonds is 2. The van der Waals surface area contributed by atoms with E-state index < -0.39 is 0 Å². The van der Waals surface area contributed by atoms with Crippen LogP contribution in [0.25, 0.3) is 0 Å². The molecule has 0 bridgehead atoms. The van der Waals surface area contributed by atoms with Crippen LogP contribution in [-0.2, 0) is 37.4 Å². The molecule has 0 aromatic rings. The van der Waals surface area contributed by atoms with Crippen LogP contribution in [0.15, 0.2) is 0 Å². The maximum Gasteiger partial charge on any atom is 0.0164 e. The van der Waals surface area contributed by atoms with Crippen molar-refractivity contribution >= 4 is 0 Å². The molecule has 1 aliphatic heterocycles. The summed E-state index contributed by atoms with van der Waals surface area (Å²) in [4.78, 5) is 2.27. The maximum atomic E-state index is 4.72. The molecule has 0 aliphatic carbocycles. The molecule has 0 saturated carbocycles. The first-order valence-corrected chi connectivity index (χ1v) is 2.88. The van der Waals surface area contributed by atoms with E-state index in [1.165, 1.54) is 13.1 Å². The van der Waals surface area contributed by atoms with E-state index in [9.17, 15) is 0 Å². The summed E-state index contributed by atoms with van der Waals surface area (Å²) in [5, 5.41) is 0. The number of ether oxygens (including phenoxy) is 1. The normalized spacial score (nSPS) is 18.6. The van der Waals surface area contributed by atoms with Crippen molar-refractivity contribution in [1.29, 1.82) is 0 Å². The summed E-state index contributed by atoms with van der Waals surface area (Å²) in [5.74, 6) is 0.748. The topological polar surface area (TPSA) is 12.5 Å². The summed E-state index contributed by atoms with van der Waals surface area (Å²) in [6, 6.07) is 0. The zero-order chi connectivity index (χ0) is 5.98. The Morgan fingerprint density at radius 3 is 2.40 bits per heavy atom. The predicted octanol–water partition coefficient (Wildman–Crippen LogP) is 0.804. The number of nitrogens with zero attached hydrogens (tertiary/aromatic N) is 1. The van der Waals surface area contributed by atoms with Gasteiger partial charge < -0.3 is 17.1 Å². The van der Waals surface area contributed by atoms with E-state index >= 15 is 0 Å². The fraction of sp³-hybridized carbons (Fsp3) is 0.714. The van der Waals surface area contributed by atoms with Crippen LogP contribution in [0.1, 0.15) is 0 Å². The van der Waals surface area contributed by atoms with Crippen molar-refractivity contribution in [1.82, 2.24) is 4.90 Å². The van der Waals surface area contributed by atoms with Crippen LogP contribution < -0.4 is 0 Å². The molecule has 59 valence electrons. The van der Waals surface area contributed by atoms with Gasteiger partial charge in [-0.2, -0.15) is 0 Å². The Morgan fingerprint density at radius 1 is 1.60 bits per heavy atom. The van der Waals surface area contributed by atoms with Gasteiger partial charge in [-0.25, -0.2) is 7.11 Å². The van der Waals surface area contributed by atoms with E-state index in [-0.39, 0.29) is 40.1 Å². The van der Waals surface area contributed by atoms with Crippen molar-refractivity contribution in [3.63, 3.8) is 0 Å². The van der Waals surface area contributed by atoms with E-state index in [1.807, 2.05) is 0 Å². The van der Waals surface area contributed by atoms with Gasteiger partial charge in [-0.1, -0.05) is 0 Å². The average molecular weight is 218 g/mol. The van der Waals surface area contributed by atoms with E-state index in [0.29, 0.717) is 0 Å². The first-order valence-electron chi connectivity index (χ1n) is 2.88. The molecular formula is C7H15NOY-2. The van der Waals surface area contributed by atoms with Crippen molar-refractivity contribution in [2.24, 2.45) is 5.92 Å². The summed E-state index contributed by atoms with van der Waals surface area (Å²) >= 11 is 0. The second-order valence-electron chi connectivity index (χ2n) is 2.46. The standard InChI is InChI=1S/C6H12NO.CH3.Y/c1-7-3-6(4-7)5-8-2;;/h6H,2-5H2,1H3;1H3;/q2*-1;. The minimum atomic E-state index is 0. The van der Waals surface area contributed by atoms with Crippen LogP contribution in [0.5, 0.6) is 0 Å². The molecule has 1 heterocycles. The smallest absolute Gasteiger partial charge is 0.0164 e. The minimum absolute atomic E-state index is 0. The van der Waals surface area contributed by atoms with Crippen LogP contribution >= 0.6 is 0 Å². The Balaban J connectivity index is 0. The molecule has 0 atom stereocenters. The second kappa shape index (κ2) is 6.72. The number of hydrogen-bond acceptors (Lipinski definition) is 2. The third-order valence-corrected chi connectivity index (χ3v) is 1.49. The molecule has 2 nitrogen and oxygen atoms in total. The molecular weight excluding hydrogens is 203 g/mol. The zero-order valence-corrected chi connectivity index (χ0v) is 9.68. The summed E-state index contributed by atoms with van der Waals surface area (Å²) in [6.45, 7) is 3.18. The van der Waals surface area contributed by atoms with Gasteiger partial charge in [0.15, 0.2) is 0 Å². The molecule has 1 fully saturated rings. The number of likely N-dealkylation sites (tertiary alicyclic amines) is 1. The Morgan fingerprint density at radius 2 is 2.10 bits per heavy atom. The van der Waals surface area contributed by atoms with Crippen molar-refractivity contribution < 1.29 is 37.4 Å². The Kier molecular flexibility index (Phi) is 9.14. The van der Waals surface area contributed by atoms with Gasteiger partial charge in [-0.3, -0.25) is 0 Å². The first-order chi connectivity index (χ1) is 3.83. The molecule has 1 saturated heterocycles. The van der Waals surface area contributed by atoms with Gasteiger partial charge >= 0.3 is 0 Å². The Labute approximate surface area is 89.2 Å². The van der Waals surface area contributed by atoms with E-state index in [1.54, 1.807) is 0 Å². The summed E-state index contributed by atoms with van der Waals surface area (Å²) in [7, 11) is 5.42. The first kappa shape index (κ1) is 13.6. The largest absolute Gasteiger partial charge is 0.555 e. The average Bonchev–Trinajstić information content (AvgIpc) is 1.64. The van der Waals surface area contributed by atoms with Crippen LogP contribution in [0.3, 0.4) is 0 Å². The van der Waals surface area contributed by atoms with E-state index in [4.69, 9.17) is 4.74 Å². The van der Waals surface area contributed by atoms with Crippen LogP contribution in [0.4, 0.5) is 0 Å². The predicted molar refractivity (Wildman–Crippen MR) is 38.7 cm³/mol. The van der Waals surface area contributed by atoms with Gasteiger partial charge in [-0.05, 0) is 7.05 Å². The van der Waals surface area contributed by atoms with Crippen LogP contribution in [0, 0.1) is 20.5 Å². The van der Waals surface area contributed by atoms with Crippen molar-refractivity contribution in [2.45, 2.75) is 0 Å². The van der Waals surface area contributed by atoms with Gasteiger partial charge in [0, 0.05) is 58.3 Å². The van der Waals surface area contributed by atoms with E-state index in [0.717, 1.165) is 12.5 Å². The molecule has 0 unspecified atom stereocenters. The molecule has 0 N–H and O–H groups in total. The van der Waals surface area contributed by atoms with Crippen molar-refractivity contribution in [3.8, 4) is 0 Å². The van der Waals surface area contributed by atoms with Gasteiger partial charge in [0.25, 0.3) is 0 Å². The van der Waals surface area contributed by atoms with Gasteiger partial charge in [0.1, 0.15) is 0 Å². The fourth-order valence-corrected chi connectivity index (χ4v) is 1.10. The SMILES string of the molecule is [CH2-]OCC1CN(C)C1.[CH3-].[Y]. The molecule has 1 rings (SSSR count). The second-order valence-corrected chi connectivity index (χ2v) is 2.46. The van der Waals surface area contributed by atoms with E-state index in [2.05, 4.69) is 19.1 Å². The van der Waals surface area contributed by atoms with Gasteiger partial charge in [-0.15, -0.1) is 0 Å².